The lowest BCUT2D eigenvalue weighted by Crippen LogP contribution is -2.13. The number of methoxy groups -OCH3 is 1. The van der Waals surface area contributed by atoms with Crippen molar-refractivity contribution in [2.45, 2.75) is 0 Å². The molecule has 0 aliphatic carbocycles. The summed E-state index contributed by atoms with van der Waals surface area (Å²) in [6, 6.07) is 10.5. The highest BCUT2D eigenvalue weighted by atomic mass is 32.1. The number of hydrogen-bond donors (Lipinski definition) is 0. The standard InChI is InChI=1S/C17H13FN2O3S/c1-20-13-8-7-12(18)9-14(13)24-17(20)19-15(21)10-3-5-11(6-4-10)16(22)23-2/h3-9H,1-2H3. The van der Waals surface area contributed by atoms with E-state index in [9.17, 15) is 14.0 Å². The fourth-order valence-electron chi connectivity index (χ4n) is 2.23. The number of amides is 1. The van der Waals surface area contributed by atoms with Crippen LogP contribution in [0.5, 0.6) is 0 Å². The molecular formula is C17H13FN2O3S. The molecule has 0 atom stereocenters. The number of rotatable bonds is 2. The van der Waals surface area contributed by atoms with Crippen molar-refractivity contribution in [2.24, 2.45) is 12.0 Å². The maximum absolute atomic E-state index is 13.3. The van der Waals surface area contributed by atoms with Crippen LogP contribution in [0.1, 0.15) is 20.7 Å². The molecule has 7 heteroatoms. The van der Waals surface area contributed by atoms with Gasteiger partial charge < -0.3 is 9.30 Å². The average Bonchev–Trinajstić information content (AvgIpc) is 2.89. The summed E-state index contributed by atoms with van der Waals surface area (Å²) in [5.41, 5.74) is 1.51. The molecule has 0 saturated carbocycles. The number of aryl methyl sites for hydroxylation is 1. The summed E-state index contributed by atoms with van der Waals surface area (Å²) in [7, 11) is 3.06. The summed E-state index contributed by atoms with van der Waals surface area (Å²) in [5, 5.41) is 0. The Morgan fingerprint density at radius 2 is 1.79 bits per heavy atom. The fraction of sp³-hybridized carbons (Fsp3) is 0.118. The van der Waals surface area contributed by atoms with Gasteiger partial charge in [-0.25, -0.2) is 9.18 Å². The van der Waals surface area contributed by atoms with Crippen LogP contribution in [0.25, 0.3) is 10.2 Å². The summed E-state index contributed by atoms with van der Waals surface area (Å²) >= 11 is 1.23. The van der Waals surface area contributed by atoms with Crippen molar-refractivity contribution < 1.29 is 18.7 Å². The summed E-state index contributed by atoms with van der Waals surface area (Å²) in [4.78, 5) is 28.3. The number of esters is 1. The number of benzene rings is 2. The van der Waals surface area contributed by atoms with Crippen molar-refractivity contribution in [3.05, 3.63) is 64.2 Å². The van der Waals surface area contributed by atoms with Crippen molar-refractivity contribution in [1.29, 1.82) is 0 Å². The smallest absolute Gasteiger partial charge is 0.337 e. The van der Waals surface area contributed by atoms with Gasteiger partial charge in [-0.05, 0) is 42.5 Å². The predicted octanol–water partition coefficient (Wildman–Crippen LogP) is 2.91. The molecule has 0 saturated heterocycles. The minimum Gasteiger partial charge on any atom is -0.465 e. The van der Waals surface area contributed by atoms with E-state index in [1.807, 2.05) is 0 Å². The molecule has 1 aromatic heterocycles. The minimum absolute atomic E-state index is 0.333. The number of aromatic nitrogens is 1. The first-order valence-electron chi connectivity index (χ1n) is 7.02. The summed E-state index contributed by atoms with van der Waals surface area (Å²) in [5.74, 6) is -1.24. The monoisotopic (exact) mass is 344 g/mol. The Bertz CT molecular complexity index is 1000. The number of carbonyl (C=O) groups excluding carboxylic acids is 2. The van der Waals surface area contributed by atoms with Crippen LogP contribution in [0.15, 0.2) is 47.5 Å². The molecule has 2 aromatic carbocycles. The Morgan fingerprint density at radius 3 is 2.46 bits per heavy atom. The van der Waals surface area contributed by atoms with Gasteiger partial charge in [0, 0.05) is 12.6 Å². The molecule has 0 unspecified atom stereocenters. The van der Waals surface area contributed by atoms with E-state index in [0.29, 0.717) is 20.6 Å². The number of hydrogen-bond acceptors (Lipinski definition) is 4. The minimum atomic E-state index is -0.469. The molecule has 0 aliphatic rings. The second-order valence-electron chi connectivity index (χ2n) is 5.04. The molecule has 24 heavy (non-hydrogen) atoms. The molecule has 1 heterocycles. The lowest BCUT2D eigenvalue weighted by Gasteiger charge is -2.00. The zero-order chi connectivity index (χ0) is 17.3. The van der Waals surface area contributed by atoms with Crippen LogP contribution in [0.3, 0.4) is 0 Å². The number of halogens is 1. The van der Waals surface area contributed by atoms with Crippen LogP contribution in [0.4, 0.5) is 4.39 Å². The first-order chi connectivity index (χ1) is 11.5. The molecule has 0 radical (unpaired) electrons. The van der Waals surface area contributed by atoms with Crippen molar-refractivity contribution in [1.82, 2.24) is 4.57 Å². The molecule has 122 valence electrons. The normalized spacial score (nSPS) is 11.7. The van der Waals surface area contributed by atoms with Gasteiger partial charge in [-0.3, -0.25) is 4.79 Å². The Morgan fingerprint density at radius 1 is 1.12 bits per heavy atom. The highest BCUT2D eigenvalue weighted by molar-refractivity contribution is 7.16. The van der Waals surface area contributed by atoms with Gasteiger partial charge in [-0.2, -0.15) is 4.99 Å². The Kier molecular flexibility index (Phi) is 4.26. The van der Waals surface area contributed by atoms with E-state index in [1.165, 1.54) is 54.8 Å². The molecular weight excluding hydrogens is 331 g/mol. The number of carbonyl (C=O) groups is 2. The Balaban J connectivity index is 1.97. The SMILES string of the molecule is COC(=O)c1ccc(C(=O)N=c2sc3cc(F)ccc3n2C)cc1. The second-order valence-corrected chi connectivity index (χ2v) is 6.05. The van der Waals surface area contributed by atoms with Crippen molar-refractivity contribution in [2.75, 3.05) is 7.11 Å². The first kappa shape index (κ1) is 16.1. The van der Waals surface area contributed by atoms with Crippen molar-refractivity contribution in [3.8, 4) is 0 Å². The largest absolute Gasteiger partial charge is 0.465 e. The van der Waals surface area contributed by atoms with E-state index in [4.69, 9.17) is 0 Å². The van der Waals surface area contributed by atoms with Crippen LogP contribution in [-0.2, 0) is 11.8 Å². The zero-order valence-electron chi connectivity index (χ0n) is 12.9. The van der Waals surface area contributed by atoms with E-state index in [2.05, 4.69) is 9.73 Å². The van der Waals surface area contributed by atoms with E-state index < -0.39 is 11.9 Å². The third-order valence-electron chi connectivity index (χ3n) is 3.52. The zero-order valence-corrected chi connectivity index (χ0v) is 13.8. The third kappa shape index (κ3) is 2.98. The number of ether oxygens (including phenoxy) is 1. The molecule has 0 aliphatic heterocycles. The van der Waals surface area contributed by atoms with Gasteiger partial charge in [0.25, 0.3) is 5.91 Å². The van der Waals surface area contributed by atoms with Crippen molar-refractivity contribution >= 4 is 33.4 Å². The highest BCUT2D eigenvalue weighted by Crippen LogP contribution is 2.17. The Labute approximate surface area is 140 Å². The summed E-state index contributed by atoms with van der Waals surface area (Å²) in [6.07, 6.45) is 0. The number of thiazole rings is 1. The number of nitrogens with zero attached hydrogens (tertiary/aromatic N) is 2. The fourth-order valence-corrected chi connectivity index (χ4v) is 3.27. The topological polar surface area (TPSA) is 60.7 Å². The van der Waals surface area contributed by atoms with E-state index in [-0.39, 0.29) is 5.82 Å². The first-order valence-corrected chi connectivity index (χ1v) is 7.84. The molecule has 0 fully saturated rings. The molecule has 1 amide bonds. The summed E-state index contributed by atoms with van der Waals surface area (Å²) < 4.78 is 20.4. The molecule has 0 N–H and O–H groups in total. The average molecular weight is 344 g/mol. The van der Waals surface area contributed by atoms with Crippen LogP contribution in [0, 0.1) is 5.82 Å². The van der Waals surface area contributed by atoms with Crippen LogP contribution in [-0.4, -0.2) is 23.6 Å². The quantitative estimate of drug-likeness (QED) is 0.672. The van der Waals surface area contributed by atoms with Crippen LogP contribution in [0.2, 0.25) is 0 Å². The highest BCUT2D eigenvalue weighted by Gasteiger charge is 2.10. The van der Waals surface area contributed by atoms with Crippen molar-refractivity contribution in [3.63, 3.8) is 0 Å². The maximum Gasteiger partial charge on any atom is 0.337 e. The third-order valence-corrected chi connectivity index (χ3v) is 4.62. The van der Waals surface area contributed by atoms with Gasteiger partial charge >= 0.3 is 5.97 Å². The van der Waals surface area contributed by atoms with Crippen LogP contribution < -0.4 is 4.80 Å². The molecule has 0 bridgehead atoms. The van der Waals surface area contributed by atoms with Gasteiger partial charge in [0.2, 0.25) is 0 Å². The van der Waals surface area contributed by atoms with Crippen LogP contribution >= 0.6 is 11.3 Å². The lowest BCUT2D eigenvalue weighted by molar-refractivity contribution is 0.0600. The maximum atomic E-state index is 13.3. The lowest BCUT2D eigenvalue weighted by atomic mass is 10.1. The Hall–Kier alpha value is -2.80. The second kappa shape index (κ2) is 6.37. The summed E-state index contributed by atoms with van der Waals surface area (Å²) in [6.45, 7) is 0. The predicted molar refractivity (Wildman–Crippen MR) is 88.4 cm³/mol. The molecule has 3 aromatic rings. The molecule has 3 rings (SSSR count). The number of fused-ring (bicyclic) bond motifs is 1. The van der Waals surface area contributed by atoms with Gasteiger partial charge in [-0.15, -0.1) is 0 Å². The van der Waals surface area contributed by atoms with Gasteiger partial charge in [0.05, 0.1) is 22.9 Å². The van der Waals surface area contributed by atoms with Gasteiger partial charge in [-0.1, -0.05) is 11.3 Å². The van der Waals surface area contributed by atoms with E-state index in [0.717, 1.165) is 5.52 Å². The molecule has 5 nitrogen and oxygen atoms in total. The van der Waals surface area contributed by atoms with Gasteiger partial charge in [0.1, 0.15) is 5.82 Å². The van der Waals surface area contributed by atoms with Gasteiger partial charge in [0.15, 0.2) is 4.80 Å². The van der Waals surface area contributed by atoms with E-state index in [1.54, 1.807) is 17.7 Å². The molecule has 0 spiro atoms. The van der Waals surface area contributed by atoms with E-state index >= 15 is 0 Å².